The van der Waals surface area contributed by atoms with Crippen LogP contribution >= 0.6 is 22.7 Å². The Balaban J connectivity index is 2.06. The van der Waals surface area contributed by atoms with Crippen molar-refractivity contribution in [1.82, 2.24) is 10.3 Å². The van der Waals surface area contributed by atoms with Crippen LogP contribution in [0.3, 0.4) is 0 Å². The Labute approximate surface area is 102 Å². The molecule has 84 valence electrons. The van der Waals surface area contributed by atoms with Crippen molar-refractivity contribution in [3.8, 4) is 0 Å². The average Bonchev–Trinajstić information content (AvgIpc) is 2.86. The van der Waals surface area contributed by atoms with E-state index < -0.39 is 0 Å². The van der Waals surface area contributed by atoms with Gasteiger partial charge in [-0.1, -0.05) is 6.07 Å². The summed E-state index contributed by atoms with van der Waals surface area (Å²) < 4.78 is 0. The molecular weight excluding hydrogens is 240 g/mol. The Morgan fingerprint density at radius 1 is 1.50 bits per heavy atom. The van der Waals surface area contributed by atoms with Gasteiger partial charge in [0.25, 0.3) is 5.91 Å². The molecule has 3 nitrogen and oxygen atoms in total. The molecule has 2 rings (SSSR count). The van der Waals surface area contributed by atoms with E-state index in [4.69, 9.17) is 0 Å². The molecule has 2 aromatic rings. The van der Waals surface area contributed by atoms with Crippen molar-refractivity contribution in [2.24, 2.45) is 0 Å². The minimum absolute atomic E-state index is 0.0408. The molecule has 0 bridgehead atoms. The van der Waals surface area contributed by atoms with Gasteiger partial charge in [-0.25, -0.2) is 4.98 Å². The maximum atomic E-state index is 11.9. The van der Waals surface area contributed by atoms with Crippen molar-refractivity contribution in [2.75, 3.05) is 0 Å². The molecule has 0 saturated heterocycles. The monoisotopic (exact) mass is 252 g/mol. The average molecular weight is 252 g/mol. The normalized spacial score (nSPS) is 12.4. The van der Waals surface area contributed by atoms with Gasteiger partial charge < -0.3 is 5.32 Å². The summed E-state index contributed by atoms with van der Waals surface area (Å²) in [6.07, 6.45) is 0. The van der Waals surface area contributed by atoms with E-state index in [1.54, 1.807) is 16.8 Å². The number of aromatic nitrogens is 1. The van der Waals surface area contributed by atoms with Crippen LogP contribution in [0.5, 0.6) is 0 Å². The summed E-state index contributed by atoms with van der Waals surface area (Å²) in [5.74, 6) is -0.0408. The molecule has 0 unspecified atom stereocenters. The van der Waals surface area contributed by atoms with Crippen molar-refractivity contribution in [1.29, 1.82) is 0 Å². The van der Waals surface area contributed by atoms with Crippen LogP contribution in [0.25, 0.3) is 0 Å². The lowest BCUT2D eigenvalue weighted by Gasteiger charge is -2.11. The zero-order valence-corrected chi connectivity index (χ0v) is 10.7. The fourth-order valence-corrected chi connectivity index (χ4v) is 2.83. The third kappa shape index (κ3) is 2.31. The summed E-state index contributed by atoms with van der Waals surface area (Å²) in [5.41, 5.74) is 2.49. The van der Waals surface area contributed by atoms with Crippen LogP contribution < -0.4 is 5.32 Å². The predicted octanol–water partition coefficient (Wildman–Crippen LogP) is 3.00. The Morgan fingerprint density at radius 2 is 2.31 bits per heavy atom. The summed E-state index contributed by atoms with van der Waals surface area (Å²) in [7, 11) is 0. The maximum Gasteiger partial charge on any atom is 0.263 e. The first-order chi connectivity index (χ1) is 7.68. The Hall–Kier alpha value is -1.20. The lowest BCUT2D eigenvalue weighted by Crippen LogP contribution is -2.25. The molecule has 1 atom stereocenters. The molecule has 0 saturated carbocycles. The number of aryl methyl sites for hydroxylation is 1. The van der Waals surface area contributed by atoms with Gasteiger partial charge in [0.1, 0.15) is 4.88 Å². The van der Waals surface area contributed by atoms with Crippen molar-refractivity contribution < 1.29 is 4.79 Å². The van der Waals surface area contributed by atoms with E-state index in [1.807, 2.05) is 31.4 Å². The molecule has 0 aliphatic heterocycles. The molecular formula is C11H12N2OS2. The molecule has 2 aromatic heterocycles. The van der Waals surface area contributed by atoms with Crippen LogP contribution in [0, 0.1) is 6.92 Å². The smallest absolute Gasteiger partial charge is 0.263 e. The minimum atomic E-state index is -0.0408. The molecule has 1 N–H and O–H groups in total. The second-order valence-corrected chi connectivity index (χ2v) is 5.31. The molecule has 0 fully saturated rings. The number of nitrogens with one attached hydrogen (secondary N) is 1. The maximum absolute atomic E-state index is 11.9. The number of nitrogens with zero attached hydrogens (tertiary/aromatic N) is 1. The summed E-state index contributed by atoms with van der Waals surface area (Å²) >= 11 is 3.02. The minimum Gasteiger partial charge on any atom is -0.344 e. The number of hydrogen-bond acceptors (Lipinski definition) is 4. The third-order valence-electron chi connectivity index (χ3n) is 2.27. The zero-order valence-electron chi connectivity index (χ0n) is 9.06. The predicted molar refractivity (Wildman–Crippen MR) is 67.1 cm³/mol. The summed E-state index contributed by atoms with van der Waals surface area (Å²) in [4.78, 5) is 17.8. The first kappa shape index (κ1) is 11.3. The number of thiophene rings is 1. The molecule has 0 aromatic carbocycles. The van der Waals surface area contributed by atoms with Crippen LogP contribution in [-0.2, 0) is 0 Å². The van der Waals surface area contributed by atoms with Gasteiger partial charge in [0.05, 0.1) is 17.2 Å². The molecule has 2 heterocycles. The van der Waals surface area contributed by atoms with Gasteiger partial charge in [0.2, 0.25) is 0 Å². The summed E-state index contributed by atoms with van der Waals surface area (Å²) in [6.45, 7) is 3.83. The Kier molecular flexibility index (Phi) is 3.36. The highest BCUT2D eigenvalue weighted by Gasteiger charge is 2.15. The molecule has 0 aliphatic carbocycles. The van der Waals surface area contributed by atoms with E-state index >= 15 is 0 Å². The fraction of sp³-hybridized carbons (Fsp3) is 0.273. The van der Waals surface area contributed by atoms with E-state index in [0.29, 0.717) is 4.88 Å². The van der Waals surface area contributed by atoms with Gasteiger partial charge in [-0.2, -0.15) is 0 Å². The standard InChI is InChI=1S/C11H12N2OS2/c1-7(9-4-3-5-15-9)13-11(14)10-8(2)12-6-16-10/h3-7H,1-2H3,(H,13,14)/t7-/m0/s1. The molecule has 16 heavy (non-hydrogen) atoms. The van der Waals surface area contributed by atoms with Gasteiger partial charge >= 0.3 is 0 Å². The Morgan fingerprint density at radius 3 is 2.88 bits per heavy atom. The number of carbonyl (C=O) groups excluding carboxylic acids is 1. The SMILES string of the molecule is Cc1ncsc1C(=O)N[C@@H](C)c1cccs1. The molecule has 0 radical (unpaired) electrons. The van der Waals surface area contributed by atoms with Gasteiger partial charge in [0, 0.05) is 4.88 Å². The highest BCUT2D eigenvalue weighted by atomic mass is 32.1. The van der Waals surface area contributed by atoms with Gasteiger partial charge in [-0.3, -0.25) is 4.79 Å². The Bertz CT molecular complexity index is 476. The lowest BCUT2D eigenvalue weighted by molar-refractivity contribution is 0.0944. The molecule has 1 amide bonds. The van der Waals surface area contributed by atoms with Crippen LogP contribution in [-0.4, -0.2) is 10.9 Å². The lowest BCUT2D eigenvalue weighted by atomic mass is 10.2. The quantitative estimate of drug-likeness (QED) is 0.912. The third-order valence-corrected chi connectivity index (χ3v) is 4.25. The van der Waals surface area contributed by atoms with E-state index in [-0.39, 0.29) is 11.9 Å². The zero-order chi connectivity index (χ0) is 11.5. The van der Waals surface area contributed by atoms with Gasteiger partial charge in [-0.05, 0) is 25.3 Å². The van der Waals surface area contributed by atoms with Crippen LogP contribution in [0.1, 0.15) is 33.2 Å². The fourth-order valence-electron chi connectivity index (χ4n) is 1.39. The number of hydrogen-bond donors (Lipinski definition) is 1. The van der Waals surface area contributed by atoms with E-state index in [9.17, 15) is 4.79 Å². The molecule has 0 aliphatic rings. The number of amides is 1. The van der Waals surface area contributed by atoms with Crippen molar-refractivity contribution in [2.45, 2.75) is 19.9 Å². The van der Waals surface area contributed by atoms with Crippen molar-refractivity contribution in [3.63, 3.8) is 0 Å². The van der Waals surface area contributed by atoms with Crippen molar-refractivity contribution in [3.05, 3.63) is 38.5 Å². The van der Waals surface area contributed by atoms with E-state index in [1.165, 1.54) is 11.3 Å². The van der Waals surface area contributed by atoms with Crippen molar-refractivity contribution >= 4 is 28.6 Å². The highest BCUT2D eigenvalue weighted by Crippen LogP contribution is 2.20. The second kappa shape index (κ2) is 4.76. The number of rotatable bonds is 3. The summed E-state index contributed by atoms with van der Waals surface area (Å²) in [6, 6.07) is 4.06. The van der Waals surface area contributed by atoms with Crippen LogP contribution in [0.2, 0.25) is 0 Å². The summed E-state index contributed by atoms with van der Waals surface area (Å²) in [5, 5.41) is 4.98. The second-order valence-electron chi connectivity index (χ2n) is 3.48. The molecule has 0 spiro atoms. The number of thiazole rings is 1. The largest absolute Gasteiger partial charge is 0.344 e. The van der Waals surface area contributed by atoms with Crippen LogP contribution in [0.15, 0.2) is 23.0 Å². The topological polar surface area (TPSA) is 42.0 Å². The van der Waals surface area contributed by atoms with E-state index in [0.717, 1.165) is 10.6 Å². The van der Waals surface area contributed by atoms with Crippen LogP contribution in [0.4, 0.5) is 0 Å². The number of carbonyl (C=O) groups is 1. The van der Waals surface area contributed by atoms with Gasteiger partial charge in [-0.15, -0.1) is 22.7 Å². The first-order valence-corrected chi connectivity index (χ1v) is 6.68. The first-order valence-electron chi connectivity index (χ1n) is 4.93. The highest BCUT2D eigenvalue weighted by molar-refractivity contribution is 7.12. The van der Waals surface area contributed by atoms with E-state index in [2.05, 4.69) is 10.3 Å². The molecule has 5 heteroatoms. The van der Waals surface area contributed by atoms with Gasteiger partial charge in [0.15, 0.2) is 0 Å².